The van der Waals surface area contributed by atoms with E-state index in [9.17, 15) is 9.90 Å². The highest BCUT2D eigenvalue weighted by molar-refractivity contribution is 6.31. The molecule has 2 aromatic heterocycles. The summed E-state index contributed by atoms with van der Waals surface area (Å²) in [6.45, 7) is 4.05. The van der Waals surface area contributed by atoms with Gasteiger partial charge < -0.3 is 5.11 Å². The molecule has 0 saturated carbocycles. The molecule has 3 aromatic carbocycles. The molecule has 1 unspecified atom stereocenters. The number of fused-ring (bicyclic) bond motifs is 1. The quantitative estimate of drug-likeness (QED) is 0.291. The van der Waals surface area contributed by atoms with Gasteiger partial charge in [0, 0.05) is 27.6 Å². The van der Waals surface area contributed by atoms with E-state index in [1.165, 1.54) is 9.20 Å². The van der Waals surface area contributed by atoms with Crippen molar-refractivity contribution in [3.05, 3.63) is 111 Å². The molecular formula is C28H26Cl2N4O2. The lowest BCUT2D eigenvalue weighted by Crippen LogP contribution is -2.29. The fourth-order valence-electron chi connectivity index (χ4n) is 3.98. The minimum Gasteiger partial charge on any atom is -0.391 e. The van der Waals surface area contributed by atoms with Crippen LogP contribution in [0.3, 0.4) is 0 Å². The highest BCUT2D eigenvalue weighted by Gasteiger charge is 2.20. The van der Waals surface area contributed by atoms with Crippen LogP contribution in [0.15, 0.2) is 89.9 Å². The normalized spacial score (nSPS) is 11.7. The van der Waals surface area contributed by atoms with E-state index < -0.39 is 11.8 Å². The van der Waals surface area contributed by atoms with Crippen LogP contribution in [0.5, 0.6) is 0 Å². The van der Waals surface area contributed by atoms with Gasteiger partial charge in [-0.05, 0) is 41.0 Å². The summed E-state index contributed by atoms with van der Waals surface area (Å²) in [5.41, 5.74) is 4.22. The molecule has 1 N–H and O–H groups in total. The summed E-state index contributed by atoms with van der Waals surface area (Å²) in [5.74, 6) is 0. The van der Waals surface area contributed by atoms with Gasteiger partial charge in [-0.25, -0.2) is 9.48 Å². The van der Waals surface area contributed by atoms with Crippen molar-refractivity contribution in [3.8, 4) is 22.3 Å². The molecule has 36 heavy (non-hydrogen) atoms. The number of aliphatic hydroxyl groups is 1. The fraction of sp³-hybridized carbons (Fsp3) is 0.179. The number of nitrogens with zero attached hydrogens (tertiary/aromatic N) is 4. The average Bonchev–Trinajstić information content (AvgIpc) is 3.21. The lowest BCUT2D eigenvalue weighted by Gasteiger charge is -2.11. The number of halogens is 2. The van der Waals surface area contributed by atoms with Crippen LogP contribution in [0.25, 0.3) is 27.9 Å². The molecule has 0 aliphatic rings. The van der Waals surface area contributed by atoms with E-state index in [0.717, 1.165) is 27.8 Å². The SMILES string of the molecule is CC.O=c1n(CC(O)Cc2ccccc2)nc2c(-c3ccc(Cl)cc3)c(-c3ccc(Cl)cc3)cnn12. The standard InChI is InChI=1S/C26H20Cl2N4O2.C2H6/c27-20-10-6-18(7-11-20)23-15-29-32-25(24(23)19-8-12-21(28)13-9-19)30-31(26(32)34)16-22(33)14-17-4-2-1-3-5-17;1-2/h1-13,15,22,33H,14,16H2;1-2H3. The van der Waals surface area contributed by atoms with Crippen LogP contribution in [-0.4, -0.2) is 30.6 Å². The molecule has 0 amide bonds. The Kier molecular flexibility index (Phi) is 8.21. The van der Waals surface area contributed by atoms with Crippen LogP contribution in [0, 0.1) is 0 Å². The summed E-state index contributed by atoms with van der Waals surface area (Å²) >= 11 is 12.2. The molecule has 2 heterocycles. The lowest BCUT2D eigenvalue weighted by atomic mass is 9.97. The maximum Gasteiger partial charge on any atom is 0.367 e. The third kappa shape index (κ3) is 5.51. The second-order valence-corrected chi connectivity index (χ2v) is 8.86. The Labute approximate surface area is 219 Å². The molecule has 0 spiro atoms. The van der Waals surface area contributed by atoms with E-state index in [1.807, 2.05) is 68.4 Å². The number of rotatable bonds is 6. The first-order valence-electron chi connectivity index (χ1n) is 11.7. The van der Waals surface area contributed by atoms with Crippen molar-refractivity contribution in [2.75, 3.05) is 0 Å². The van der Waals surface area contributed by atoms with E-state index >= 15 is 0 Å². The summed E-state index contributed by atoms with van der Waals surface area (Å²) in [6, 6.07) is 24.4. The molecule has 0 saturated heterocycles. The van der Waals surface area contributed by atoms with Gasteiger partial charge in [0.05, 0.1) is 18.8 Å². The van der Waals surface area contributed by atoms with E-state index in [0.29, 0.717) is 22.1 Å². The Morgan fingerprint density at radius 1 is 0.861 bits per heavy atom. The number of benzene rings is 3. The topological polar surface area (TPSA) is 72.4 Å². The maximum absolute atomic E-state index is 13.1. The molecule has 8 heteroatoms. The molecule has 0 fully saturated rings. The number of aliphatic hydroxyl groups excluding tert-OH is 1. The Bertz CT molecular complexity index is 1500. The molecule has 6 nitrogen and oxygen atoms in total. The van der Waals surface area contributed by atoms with Crippen LogP contribution in [-0.2, 0) is 13.0 Å². The van der Waals surface area contributed by atoms with Crippen LogP contribution in [0.2, 0.25) is 10.0 Å². The van der Waals surface area contributed by atoms with Gasteiger partial charge in [-0.1, -0.05) is 91.6 Å². The minimum atomic E-state index is -0.778. The molecule has 0 aliphatic carbocycles. The van der Waals surface area contributed by atoms with Crippen molar-refractivity contribution >= 4 is 28.8 Å². The van der Waals surface area contributed by atoms with Gasteiger partial charge >= 0.3 is 5.69 Å². The van der Waals surface area contributed by atoms with Gasteiger partial charge in [-0.2, -0.15) is 9.61 Å². The molecule has 5 aromatic rings. The second kappa shape index (κ2) is 11.5. The van der Waals surface area contributed by atoms with Crippen molar-refractivity contribution in [1.82, 2.24) is 19.4 Å². The summed E-state index contributed by atoms with van der Waals surface area (Å²) in [6.07, 6.45) is 1.28. The highest BCUT2D eigenvalue weighted by Crippen LogP contribution is 2.35. The molecule has 0 bridgehead atoms. The first-order valence-corrected chi connectivity index (χ1v) is 12.5. The van der Waals surface area contributed by atoms with Crippen molar-refractivity contribution in [3.63, 3.8) is 0 Å². The molecule has 5 rings (SSSR count). The third-order valence-electron chi connectivity index (χ3n) is 5.60. The van der Waals surface area contributed by atoms with Crippen molar-refractivity contribution in [1.29, 1.82) is 0 Å². The van der Waals surface area contributed by atoms with Crippen molar-refractivity contribution in [2.24, 2.45) is 0 Å². The Balaban J connectivity index is 0.00000148. The summed E-state index contributed by atoms with van der Waals surface area (Å²) < 4.78 is 2.53. The summed E-state index contributed by atoms with van der Waals surface area (Å²) in [5, 5.41) is 20.8. The van der Waals surface area contributed by atoms with E-state index in [1.54, 1.807) is 30.5 Å². The molecule has 0 radical (unpaired) electrons. The van der Waals surface area contributed by atoms with Crippen molar-refractivity contribution < 1.29 is 5.11 Å². The summed E-state index contributed by atoms with van der Waals surface area (Å²) in [4.78, 5) is 13.1. The Morgan fingerprint density at radius 3 is 2.06 bits per heavy atom. The summed E-state index contributed by atoms with van der Waals surface area (Å²) in [7, 11) is 0. The average molecular weight is 521 g/mol. The van der Waals surface area contributed by atoms with Gasteiger partial charge in [0.1, 0.15) is 0 Å². The molecular weight excluding hydrogens is 495 g/mol. The molecule has 1 atom stereocenters. The van der Waals surface area contributed by atoms with Crippen LogP contribution >= 0.6 is 23.2 Å². The molecule has 184 valence electrons. The highest BCUT2D eigenvalue weighted by atomic mass is 35.5. The van der Waals surface area contributed by atoms with Crippen LogP contribution in [0.4, 0.5) is 0 Å². The van der Waals surface area contributed by atoms with E-state index in [-0.39, 0.29) is 6.54 Å². The minimum absolute atomic E-state index is 0.0490. The largest absolute Gasteiger partial charge is 0.391 e. The zero-order chi connectivity index (χ0) is 25.7. The van der Waals surface area contributed by atoms with Gasteiger partial charge in [0.25, 0.3) is 0 Å². The van der Waals surface area contributed by atoms with E-state index in [4.69, 9.17) is 23.2 Å². The maximum atomic E-state index is 13.1. The van der Waals surface area contributed by atoms with Gasteiger partial charge in [-0.15, -0.1) is 5.10 Å². The number of hydrogen-bond acceptors (Lipinski definition) is 4. The first kappa shape index (κ1) is 25.6. The number of hydrogen-bond donors (Lipinski definition) is 1. The molecule has 0 aliphatic heterocycles. The van der Waals surface area contributed by atoms with E-state index in [2.05, 4.69) is 10.2 Å². The first-order chi connectivity index (χ1) is 17.5. The van der Waals surface area contributed by atoms with Gasteiger partial charge in [0.2, 0.25) is 0 Å². The smallest absolute Gasteiger partial charge is 0.367 e. The lowest BCUT2D eigenvalue weighted by molar-refractivity contribution is 0.148. The zero-order valence-corrected chi connectivity index (χ0v) is 21.5. The third-order valence-corrected chi connectivity index (χ3v) is 6.10. The van der Waals surface area contributed by atoms with Crippen LogP contribution < -0.4 is 5.69 Å². The Morgan fingerprint density at radius 2 is 1.44 bits per heavy atom. The number of aromatic nitrogens is 4. The van der Waals surface area contributed by atoms with Crippen molar-refractivity contribution in [2.45, 2.75) is 32.9 Å². The predicted octanol–water partition coefficient (Wildman–Crippen LogP) is 6.16. The Hall–Kier alpha value is -3.45. The zero-order valence-electron chi connectivity index (χ0n) is 20.0. The van der Waals surface area contributed by atoms with Crippen LogP contribution in [0.1, 0.15) is 19.4 Å². The second-order valence-electron chi connectivity index (χ2n) is 7.99. The fourth-order valence-corrected chi connectivity index (χ4v) is 4.23. The monoisotopic (exact) mass is 520 g/mol. The predicted molar refractivity (Wildman–Crippen MR) is 146 cm³/mol. The van der Waals surface area contributed by atoms with Gasteiger partial charge in [-0.3, -0.25) is 0 Å². The van der Waals surface area contributed by atoms with Gasteiger partial charge in [0.15, 0.2) is 5.65 Å².